The zero-order chi connectivity index (χ0) is 18.5. The van der Waals surface area contributed by atoms with E-state index >= 15 is 0 Å². The third-order valence-electron chi connectivity index (χ3n) is 3.87. The van der Waals surface area contributed by atoms with Crippen molar-refractivity contribution in [3.05, 3.63) is 65.9 Å². The summed E-state index contributed by atoms with van der Waals surface area (Å²) in [6.07, 6.45) is 5.47. The van der Waals surface area contributed by atoms with Crippen LogP contribution in [-0.4, -0.2) is 27.4 Å². The molecule has 2 aromatic carbocycles. The van der Waals surface area contributed by atoms with Crippen LogP contribution in [0.25, 0.3) is 23.4 Å². The van der Waals surface area contributed by atoms with Gasteiger partial charge in [0.05, 0.1) is 6.61 Å². The first-order valence-corrected chi connectivity index (χ1v) is 8.38. The molecule has 0 aliphatic carbocycles. The normalized spacial score (nSPS) is 11.0. The molecule has 132 valence electrons. The maximum atomic E-state index is 11.7. The molecule has 0 spiro atoms. The first-order valence-electron chi connectivity index (χ1n) is 8.38. The van der Waals surface area contributed by atoms with Crippen LogP contribution in [-0.2, 0) is 0 Å². The van der Waals surface area contributed by atoms with E-state index in [0.717, 1.165) is 16.9 Å². The summed E-state index contributed by atoms with van der Waals surface area (Å²) in [4.78, 5) is 11.7. The lowest BCUT2D eigenvalue weighted by atomic mass is 10.1. The summed E-state index contributed by atoms with van der Waals surface area (Å²) >= 11 is 0. The van der Waals surface area contributed by atoms with Gasteiger partial charge in [-0.3, -0.25) is 4.79 Å². The Kier molecular flexibility index (Phi) is 5.17. The summed E-state index contributed by atoms with van der Waals surface area (Å²) in [5, 5.41) is 14.5. The van der Waals surface area contributed by atoms with Crippen LogP contribution in [0.1, 0.15) is 29.8 Å². The van der Waals surface area contributed by atoms with E-state index in [0.29, 0.717) is 17.9 Å². The summed E-state index contributed by atoms with van der Waals surface area (Å²) in [6.45, 7) is 4.02. The van der Waals surface area contributed by atoms with E-state index in [1.165, 1.54) is 11.6 Å². The van der Waals surface area contributed by atoms with Crippen LogP contribution in [0.4, 0.5) is 0 Å². The predicted octanol–water partition coefficient (Wildman–Crippen LogP) is 4.48. The molecule has 3 rings (SSSR count). The van der Waals surface area contributed by atoms with Gasteiger partial charge in [-0.1, -0.05) is 36.4 Å². The zero-order valence-electron chi connectivity index (χ0n) is 14.7. The molecule has 1 aromatic heterocycles. The van der Waals surface area contributed by atoms with Crippen molar-refractivity contribution in [1.82, 2.24) is 9.78 Å². The number of carbonyl (C=O) groups excluding carboxylic acids is 1. The van der Waals surface area contributed by atoms with Crippen LogP contribution in [0.15, 0.2) is 54.7 Å². The topological polar surface area (TPSA) is 64.4 Å². The number of para-hydroxylation sites is 1. The van der Waals surface area contributed by atoms with Gasteiger partial charge in [-0.15, -0.1) is 0 Å². The molecule has 1 heterocycles. The molecular weight excluding hydrogens is 328 g/mol. The Bertz CT molecular complexity index is 940. The number of ether oxygens (including phenoxy) is 1. The number of aromatic nitrogens is 2. The molecule has 0 saturated carbocycles. The van der Waals surface area contributed by atoms with Crippen molar-refractivity contribution in [2.75, 3.05) is 6.61 Å². The molecule has 0 bridgehead atoms. The Hall–Kier alpha value is -3.34. The van der Waals surface area contributed by atoms with Gasteiger partial charge in [-0.2, -0.15) is 5.10 Å². The van der Waals surface area contributed by atoms with Gasteiger partial charge in [0.1, 0.15) is 17.2 Å². The van der Waals surface area contributed by atoms with Gasteiger partial charge in [0.2, 0.25) is 5.91 Å². The molecule has 0 unspecified atom stereocenters. The van der Waals surface area contributed by atoms with Crippen molar-refractivity contribution in [3.63, 3.8) is 0 Å². The second-order valence-electron chi connectivity index (χ2n) is 5.75. The lowest BCUT2D eigenvalue weighted by molar-refractivity contribution is 0.0921. The van der Waals surface area contributed by atoms with E-state index < -0.39 is 0 Å². The van der Waals surface area contributed by atoms with E-state index in [1.54, 1.807) is 24.4 Å². The van der Waals surface area contributed by atoms with Gasteiger partial charge >= 0.3 is 0 Å². The SMILES string of the molecule is CCOc1ccc(/C=C\c2cn(C(C)=O)nc2-c2ccccc2O)cc1. The minimum atomic E-state index is -0.192. The Morgan fingerprint density at radius 2 is 1.88 bits per heavy atom. The van der Waals surface area contributed by atoms with Crippen LogP contribution in [0.3, 0.4) is 0 Å². The minimum absolute atomic E-state index is 0.122. The molecule has 0 atom stereocenters. The lowest BCUT2D eigenvalue weighted by Crippen LogP contribution is -2.05. The maximum absolute atomic E-state index is 11.7. The Morgan fingerprint density at radius 3 is 2.54 bits per heavy atom. The largest absolute Gasteiger partial charge is 0.507 e. The van der Waals surface area contributed by atoms with E-state index in [1.807, 2.05) is 49.4 Å². The molecule has 0 aliphatic heterocycles. The second kappa shape index (κ2) is 7.70. The molecule has 5 heteroatoms. The summed E-state index contributed by atoms with van der Waals surface area (Å²) in [6, 6.07) is 14.7. The fourth-order valence-electron chi connectivity index (χ4n) is 2.58. The van der Waals surface area contributed by atoms with Gasteiger partial charge in [0.15, 0.2) is 0 Å². The van der Waals surface area contributed by atoms with Crippen molar-refractivity contribution in [2.24, 2.45) is 0 Å². The average Bonchev–Trinajstić information content (AvgIpc) is 3.06. The van der Waals surface area contributed by atoms with Gasteiger partial charge < -0.3 is 9.84 Å². The fraction of sp³-hybridized carbons (Fsp3) is 0.143. The average molecular weight is 348 g/mol. The second-order valence-corrected chi connectivity index (χ2v) is 5.75. The van der Waals surface area contributed by atoms with E-state index in [-0.39, 0.29) is 11.7 Å². The Labute approximate surface area is 152 Å². The number of carbonyl (C=O) groups is 1. The van der Waals surface area contributed by atoms with E-state index in [2.05, 4.69) is 5.10 Å². The predicted molar refractivity (Wildman–Crippen MR) is 102 cm³/mol. The molecule has 0 saturated heterocycles. The maximum Gasteiger partial charge on any atom is 0.243 e. The Balaban J connectivity index is 1.96. The quantitative estimate of drug-likeness (QED) is 0.738. The molecule has 0 aliphatic rings. The molecule has 1 N–H and O–H groups in total. The Morgan fingerprint density at radius 1 is 1.15 bits per heavy atom. The summed E-state index contributed by atoms with van der Waals surface area (Å²) in [5.74, 6) is 0.753. The highest BCUT2D eigenvalue weighted by atomic mass is 16.5. The van der Waals surface area contributed by atoms with Crippen molar-refractivity contribution in [1.29, 1.82) is 0 Å². The van der Waals surface area contributed by atoms with Crippen LogP contribution in [0, 0.1) is 0 Å². The number of phenols is 1. The highest BCUT2D eigenvalue weighted by molar-refractivity contribution is 5.84. The monoisotopic (exact) mass is 348 g/mol. The number of rotatable bonds is 5. The fourth-order valence-corrected chi connectivity index (χ4v) is 2.58. The molecule has 26 heavy (non-hydrogen) atoms. The van der Waals surface area contributed by atoms with E-state index in [9.17, 15) is 9.90 Å². The smallest absolute Gasteiger partial charge is 0.243 e. The first kappa shape index (κ1) is 17.5. The molecular formula is C21H20N2O3. The van der Waals surface area contributed by atoms with Gasteiger partial charge in [0.25, 0.3) is 0 Å². The third-order valence-corrected chi connectivity index (χ3v) is 3.87. The summed E-state index contributed by atoms with van der Waals surface area (Å²) in [5.41, 5.74) is 2.88. The van der Waals surface area contributed by atoms with E-state index in [4.69, 9.17) is 4.74 Å². The lowest BCUT2D eigenvalue weighted by Gasteiger charge is -2.03. The number of hydrogen-bond donors (Lipinski definition) is 1. The zero-order valence-corrected chi connectivity index (χ0v) is 14.7. The number of phenolic OH excluding ortho intramolecular Hbond substituents is 1. The van der Waals surface area contributed by atoms with Crippen LogP contribution >= 0.6 is 0 Å². The molecule has 5 nitrogen and oxygen atoms in total. The number of nitrogens with zero attached hydrogens (tertiary/aromatic N) is 2. The van der Waals surface area contributed by atoms with Gasteiger partial charge in [-0.05, 0) is 36.8 Å². The van der Waals surface area contributed by atoms with Crippen LogP contribution < -0.4 is 4.74 Å². The summed E-state index contributed by atoms with van der Waals surface area (Å²) in [7, 11) is 0. The molecule has 0 amide bonds. The standard InChI is InChI=1S/C21H20N2O3/c1-3-26-18-12-9-16(10-13-18)8-11-17-14-23(15(2)24)22-21(17)19-6-4-5-7-20(19)25/h4-14,25H,3H2,1-2H3/b11-8-. The third kappa shape index (κ3) is 3.83. The number of benzene rings is 2. The number of aromatic hydroxyl groups is 1. The molecule has 0 fully saturated rings. The van der Waals surface area contributed by atoms with Crippen molar-refractivity contribution >= 4 is 18.1 Å². The molecule has 3 aromatic rings. The van der Waals surface area contributed by atoms with Crippen molar-refractivity contribution in [3.8, 4) is 22.8 Å². The van der Waals surface area contributed by atoms with Crippen molar-refractivity contribution < 1.29 is 14.6 Å². The van der Waals surface area contributed by atoms with Gasteiger partial charge in [-0.25, -0.2) is 4.68 Å². The van der Waals surface area contributed by atoms with Crippen molar-refractivity contribution in [2.45, 2.75) is 13.8 Å². The summed E-state index contributed by atoms with van der Waals surface area (Å²) < 4.78 is 6.72. The minimum Gasteiger partial charge on any atom is -0.507 e. The highest BCUT2D eigenvalue weighted by Gasteiger charge is 2.14. The highest BCUT2D eigenvalue weighted by Crippen LogP contribution is 2.31. The van der Waals surface area contributed by atoms with Gasteiger partial charge in [0, 0.05) is 24.2 Å². The number of hydrogen-bond acceptors (Lipinski definition) is 4. The molecule has 0 radical (unpaired) electrons. The van der Waals surface area contributed by atoms with Crippen LogP contribution in [0.2, 0.25) is 0 Å². The first-order chi connectivity index (χ1) is 12.6. The van der Waals surface area contributed by atoms with Crippen LogP contribution in [0.5, 0.6) is 11.5 Å².